The highest BCUT2D eigenvalue weighted by atomic mass is 79.9. The van der Waals surface area contributed by atoms with Crippen LogP contribution in [0, 0.1) is 0 Å². The lowest BCUT2D eigenvalue weighted by atomic mass is 10.2. The molecule has 1 fully saturated rings. The summed E-state index contributed by atoms with van der Waals surface area (Å²) in [7, 11) is -3.55. The highest BCUT2D eigenvalue weighted by Gasteiger charge is 2.25. The molecule has 1 aliphatic rings. The first kappa shape index (κ1) is 18.2. The number of carbonyl (C=O) groups excluding carboxylic acids is 1. The van der Waals surface area contributed by atoms with Gasteiger partial charge in [0.25, 0.3) is 5.91 Å². The van der Waals surface area contributed by atoms with Crippen molar-refractivity contribution >= 4 is 37.5 Å². The van der Waals surface area contributed by atoms with Gasteiger partial charge in [0.1, 0.15) is 0 Å². The fourth-order valence-electron chi connectivity index (χ4n) is 2.79. The van der Waals surface area contributed by atoms with Crippen LogP contribution in [0.1, 0.15) is 36.2 Å². The molecule has 6 nitrogen and oxygen atoms in total. The minimum absolute atomic E-state index is 0.146. The van der Waals surface area contributed by atoms with Gasteiger partial charge in [-0.2, -0.15) is 4.31 Å². The first-order chi connectivity index (χ1) is 12.0. The monoisotopic (exact) mass is 426 g/mol. The Balaban J connectivity index is 1.79. The molecule has 0 unspecified atom stereocenters. The van der Waals surface area contributed by atoms with Gasteiger partial charge in [0.2, 0.25) is 10.0 Å². The van der Waals surface area contributed by atoms with E-state index in [9.17, 15) is 13.2 Å². The molecule has 3 rings (SSSR count). The number of hydrogen-bond donors (Lipinski definition) is 1. The van der Waals surface area contributed by atoms with E-state index in [4.69, 9.17) is 4.42 Å². The van der Waals surface area contributed by atoms with Crippen LogP contribution < -0.4 is 5.32 Å². The van der Waals surface area contributed by atoms with Crippen molar-refractivity contribution in [3.63, 3.8) is 0 Å². The summed E-state index contributed by atoms with van der Waals surface area (Å²) in [5.74, 6) is -0.289. The predicted octanol–water partition coefficient (Wildman–Crippen LogP) is 3.86. The fourth-order valence-corrected chi connectivity index (χ4v) is 4.66. The zero-order valence-corrected chi connectivity index (χ0v) is 16.0. The lowest BCUT2D eigenvalue weighted by Gasteiger charge is -2.20. The van der Waals surface area contributed by atoms with Crippen LogP contribution in [0.15, 0.2) is 50.4 Å². The molecule has 1 N–H and O–H groups in total. The molecule has 0 bridgehead atoms. The number of benzene rings is 1. The van der Waals surface area contributed by atoms with Crippen LogP contribution in [-0.2, 0) is 10.0 Å². The number of rotatable bonds is 4. The molecule has 1 amide bonds. The number of amides is 1. The van der Waals surface area contributed by atoms with Crippen LogP contribution in [0.2, 0.25) is 0 Å². The molecule has 1 aromatic heterocycles. The summed E-state index contributed by atoms with van der Waals surface area (Å²) in [6.45, 7) is 1.08. The molecule has 1 saturated heterocycles. The highest BCUT2D eigenvalue weighted by Crippen LogP contribution is 2.23. The van der Waals surface area contributed by atoms with Crippen molar-refractivity contribution in [3.05, 3.63) is 46.8 Å². The van der Waals surface area contributed by atoms with Crippen molar-refractivity contribution in [2.75, 3.05) is 18.4 Å². The van der Waals surface area contributed by atoms with Gasteiger partial charge in [-0.15, -0.1) is 0 Å². The lowest BCUT2D eigenvalue weighted by molar-refractivity contribution is 0.0995. The smallest absolute Gasteiger partial charge is 0.291 e. The maximum atomic E-state index is 12.8. The van der Waals surface area contributed by atoms with Crippen LogP contribution in [0.4, 0.5) is 5.69 Å². The molecule has 0 saturated carbocycles. The van der Waals surface area contributed by atoms with Crippen molar-refractivity contribution < 1.29 is 17.6 Å². The normalized spacial score (nSPS) is 16.4. The number of carbonyl (C=O) groups is 1. The number of anilines is 1. The highest BCUT2D eigenvalue weighted by molar-refractivity contribution is 9.10. The second-order valence-corrected chi connectivity index (χ2v) is 8.62. The summed E-state index contributed by atoms with van der Waals surface area (Å²) in [5.41, 5.74) is 0.411. The Morgan fingerprint density at radius 3 is 2.44 bits per heavy atom. The summed E-state index contributed by atoms with van der Waals surface area (Å²) < 4.78 is 32.9. The van der Waals surface area contributed by atoms with Gasteiger partial charge in [0.05, 0.1) is 4.90 Å². The Morgan fingerprint density at radius 2 is 1.80 bits per heavy atom. The number of sulfonamides is 1. The van der Waals surface area contributed by atoms with Crippen LogP contribution in [0.5, 0.6) is 0 Å². The van der Waals surface area contributed by atoms with E-state index in [1.54, 1.807) is 24.3 Å². The summed E-state index contributed by atoms with van der Waals surface area (Å²) in [6.07, 6.45) is 3.87. The summed E-state index contributed by atoms with van der Waals surface area (Å²) in [5, 5.41) is 2.66. The van der Waals surface area contributed by atoms with Crippen LogP contribution >= 0.6 is 15.9 Å². The Labute approximate surface area is 155 Å². The lowest BCUT2D eigenvalue weighted by Crippen LogP contribution is -2.32. The third kappa shape index (κ3) is 4.31. The number of nitrogens with zero attached hydrogens (tertiary/aromatic N) is 1. The van der Waals surface area contributed by atoms with Crippen LogP contribution in [0.3, 0.4) is 0 Å². The van der Waals surface area contributed by atoms with E-state index in [1.165, 1.54) is 16.4 Å². The topological polar surface area (TPSA) is 79.6 Å². The zero-order chi connectivity index (χ0) is 17.9. The van der Waals surface area contributed by atoms with Crippen molar-refractivity contribution in [1.82, 2.24) is 4.31 Å². The molecule has 25 heavy (non-hydrogen) atoms. The average molecular weight is 427 g/mol. The third-order valence-electron chi connectivity index (χ3n) is 4.09. The Kier molecular flexibility index (Phi) is 5.61. The second-order valence-electron chi connectivity index (χ2n) is 5.90. The number of hydrogen-bond acceptors (Lipinski definition) is 4. The second kappa shape index (κ2) is 7.72. The van der Waals surface area contributed by atoms with E-state index >= 15 is 0 Å². The molecule has 2 aromatic rings. The first-order valence-electron chi connectivity index (χ1n) is 8.14. The zero-order valence-electron chi connectivity index (χ0n) is 13.6. The standard InChI is InChI=1S/C17H19BrN2O4S/c18-16-9-8-15(24-16)17(21)19-13-6-5-7-14(12-13)25(22,23)20-10-3-1-2-4-11-20/h5-9,12H,1-4,10-11H2,(H,19,21). The van der Waals surface area contributed by atoms with Gasteiger partial charge >= 0.3 is 0 Å². The first-order valence-corrected chi connectivity index (χ1v) is 10.4. The molecule has 2 heterocycles. The van der Waals surface area contributed by atoms with Gasteiger partial charge < -0.3 is 9.73 Å². The van der Waals surface area contributed by atoms with Crippen LogP contribution in [0.25, 0.3) is 0 Å². The predicted molar refractivity (Wildman–Crippen MR) is 98.0 cm³/mol. The number of halogens is 1. The molecule has 1 aliphatic heterocycles. The molecular weight excluding hydrogens is 408 g/mol. The fraction of sp³-hybridized carbons (Fsp3) is 0.353. The minimum Gasteiger partial charge on any atom is -0.444 e. The maximum Gasteiger partial charge on any atom is 0.291 e. The molecular formula is C17H19BrN2O4S. The van der Waals surface area contributed by atoms with E-state index in [-0.39, 0.29) is 10.7 Å². The summed E-state index contributed by atoms with van der Waals surface area (Å²) in [4.78, 5) is 12.3. The van der Waals surface area contributed by atoms with Gasteiger partial charge in [-0.05, 0) is 59.1 Å². The number of furan rings is 1. The molecule has 0 atom stereocenters. The SMILES string of the molecule is O=C(Nc1cccc(S(=O)(=O)N2CCCCCC2)c1)c1ccc(Br)o1. The van der Waals surface area contributed by atoms with Gasteiger partial charge in [-0.1, -0.05) is 18.9 Å². The summed E-state index contributed by atoms with van der Waals surface area (Å²) >= 11 is 3.14. The molecule has 0 spiro atoms. The van der Waals surface area contributed by atoms with Crippen molar-refractivity contribution in [2.24, 2.45) is 0 Å². The van der Waals surface area contributed by atoms with E-state index < -0.39 is 15.9 Å². The number of nitrogens with one attached hydrogen (secondary N) is 1. The molecule has 134 valence electrons. The average Bonchev–Trinajstić information content (AvgIpc) is 2.85. The van der Waals surface area contributed by atoms with Crippen molar-refractivity contribution in [2.45, 2.75) is 30.6 Å². The van der Waals surface area contributed by atoms with Gasteiger partial charge in [-0.3, -0.25) is 4.79 Å². The summed E-state index contributed by atoms with van der Waals surface area (Å²) in [6, 6.07) is 9.47. The van der Waals surface area contributed by atoms with E-state index in [2.05, 4.69) is 21.2 Å². The third-order valence-corrected chi connectivity index (χ3v) is 6.41. The van der Waals surface area contributed by atoms with Crippen molar-refractivity contribution in [1.29, 1.82) is 0 Å². The Bertz CT molecular complexity index is 855. The molecule has 0 radical (unpaired) electrons. The Morgan fingerprint density at radius 1 is 1.08 bits per heavy atom. The Hall–Kier alpha value is -1.64. The maximum absolute atomic E-state index is 12.8. The van der Waals surface area contributed by atoms with Gasteiger partial charge in [0, 0.05) is 18.8 Å². The van der Waals surface area contributed by atoms with Gasteiger partial charge in [-0.25, -0.2) is 8.42 Å². The molecule has 1 aromatic carbocycles. The van der Waals surface area contributed by atoms with Crippen molar-refractivity contribution in [3.8, 4) is 0 Å². The van der Waals surface area contributed by atoms with E-state index in [0.717, 1.165) is 25.7 Å². The van der Waals surface area contributed by atoms with Gasteiger partial charge in [0.15, 0.2) is 10.4 Å². The van der Waals surface area contributed by atoms with E-state index in [0.29, 0.717) is 23.4 Å². The molecule has 0 aliphatic carbocycles. The minimum atomic E-state index is -3.55. The van der Waals surface area contributed by atoms with Crippen LogP contribution in [-0.4, -0.2) is 31.7 Å². The van der Waals surface area contributed by atoms with E-state index in [1.807, 2.05) is 0 Å². The molecule has 8 heteroatoms. The largest absolute Gasteiger partial charge is 0.444 e. The quantitative estimate of drug-likeness (QED) is 0.804.